The summed E-state index contributed by atoms with van der Waals surface area (Å²) in [6, 6.07) is 5.43. The number of thiocarbonyl (C=S) groups is 1. The molecule has 0 aliphatic rings. The second-order valence-corrected chi connectivity index (χ2v) is 4.25. The Morgan fingerprint density at radius 1 is 1.11 bits per heavy atom. The largest absolute Gasteiger partial charge is 0.497 e. The number of benzene rings is 1. The van der Waals surface area contributed by atoms with E-state index in [1.807, 2.05) is 12.1 Å². The summed E-state index contributed by atoms with van der Waals surface area (Å²) in [5, 5.41) is 0. The minimum atomic E-state index is 0.332. The Kier molecular flexibility index (Phi) is 6.46. The molecule has 0 unspecified atom stereocenters. The van der Waals surface area contributed by atoms with Gasteiger partial charge in [0.25, 0.3) is 0 Å². The predicted molar refractivity (Wildman–Crippen MR) is 75.5 cm³/mol. The fourth-order valence-corrected chi connectivity index (χ4v) is 1.57. The highest BCUT2D eigenvalue weighted by molar-refractivity contribution is 7.80. The zero-order valence-electron chi connectivity index (χ0n) is 10.8. The maximum absolute atomic E-state index is 5.64. The molecule has 0 aliphatic carbocycles. The Bertz CT molecular complexity index is 396. The molecule has 0 heterocycles. The summed E-state index contributed by atoms with van der Waals surface area (Å²) in [7, 11) is 3.29. The van der Waals surface area contributed by atoms with Gasteiger partial charge < -0.3 is 19.9 Å². The first kappa shape index (κ1) is 14.7. The molecule has 100 valence electrons. The standard InChI is InChI=1S/C13H19NO3S/c1-15-5-3-4-6-17-12-8-10(13(14)18)7-11(9-12)16-2/h7-9H,3-6H2,1-2H3,(H2,14,18). The number of methoxy groups -OCH3 is 2. The van der Waals surface area contributed by atoms with Crippen molar-refractivity contribution in [2.24, 2.45) is 5.73 Å². The van der Waals surface area contributed by atoms with Crippen LogP contribution in [0.5, 0.6) is 11.5 Å². The van der Waals surface area contributed by atoms with Crippen LogP contribution in [0.3, 0.4) is 0 Å². The van der Waals surface area contributed by atoms with Crippen molar-refractivity contribution in [1.82, 2.24) is 0 Å². The van der Waals surface area contributed by atoms with Crippen molar-refractivity contribution in [3.63, 3.8) is 0 Å². The summed E-state index contributed by atoms with van der Waals surface area (Å²) < 4.78 is 15.8. The normalized spacial score (nSPS) is 10.1. The van der Waals surface area contributed by atoms with Crippen LogP contribution in [0.1, 0.15) is 18.4 Å². The fourth-order valence-electron chi connectivity index (χ4n) is 1.45. The molecular weight excluding hydrogens is 250 g/mol. The maximum Gasteiger partial charge on any atom is 0.123 e. The van der Waals surface area contributed by atoms with Gasteiger partial charge in [-0.05, 0) is 25.0 Å². The molecule has 0 aliphatic heterocycles. The third-order valence-corrected chi connectivity index (χ3v) is 2.65. The van der Waals surface area contributed by atoms with Crippen LogP contribution in [0, 0.1) is 0 Å². The van der Waals surface area contributed by atoms with Gasteiger partial charge in [-0.3, -0.25) is 0 Å². The minimum absolute atomic E-state index is 0.332. The van der Waals surface area contributed by atoms with Gasteiger partial charge in [-0.25, -0.2) is 0 Å². The van der Waals surface area contributed by atoms with Crippen LogP contribution in [0.4, 0.5) is 0 Å². The topological polar surface area (TPSA) is 53.7 Å². The first-order chi connectivity index (χ1) is 8.67. The molecule has 0 saturated carbocycles. The van der Waals surface area contributed by atoms with Crippen LogP contribution in [-0.2, 0) is 4.74 Å². The van der Waals surface area contributed by atoms with Crippen LogP contribution >= 0.6 is 12.2 Å². The fraction of sp³-hybridized carbons (Fsp3) is 0.462. The molecule has 2 N–H and O–H groups in total. The summed E-state index contributed by atoms with van der Waals surface area (Å²) in [5.74, 6) is 1.40. The molecule has 0 radical (unpaired) electrons. The van der Waals surface area contributed by atoms with Crippen molar-refractivity contribution in [3.05, 3.63) is 23.8 Å². The molecule has 0 fully saturated rings. The van der Waals surface area contributed by atoms with Gasteiger partial charge in [0, 0.05) is 25.3 Å². The Hall–Kier alpha value is -1.33. The molecule has 1 rings (SSSR count). The minimum Gasteiger partial charge on any atom is -0.497 e. The van der Waals surface area contributed by atoms with Crippen molar-refractivity contribution in [2.45, 2.75) is 12.8 Å². The van der Waals surface area contributed by atoms with Gasteiger partial charge in [0.15, 0.2) is 0 Å². The van der Waals surface area contributed by atoms with Gasteiger partial charge in [0.05, 0.1) is 13.7 Å². The van der Waals surface area contributed by atoms with Crippen molar-refractivity contribution < 1.29 is 14.2 Å². The van der Waals surface area contributed by atoms with Crippen molar-refractivity contribution >= 4 is 17.2 Å². The maximum atomic E-state index is 5.64. The summed E-state index contributed by atoms with van der Waals surface area (Å²) in [5.41, 5.74) is 6.35. The van der Waals surface area contributed by atoms with Crippen molar-refractivity contribution in [2.75, 3.05) is 27.4 Å². The predicted octanol–water partition coefficient (Wildman–Crippen LogP) is 2.13. The molecular formula is C13H19NO3S. The molecule has 1 aromatic rings. The van der Waals surface area contributed by atoms with Gasteiger partial charge >= 0.3 is 0 Å². The van der Waals surface area contributed by atoms with Gasteiger partial charge in [0.1, 0.15) is 16.5 Å². The molecule has 4 nitrogen and oxygen atoms in total. The Morgan fingerprint density at radius 2 is 1.78 bits per heavy atom. The first-order valence-corrected chi connectivity index (χ1v) is 6.19. The Morgan fingerprint density at radius 3 is 2.39 bits per heavy atom. The zero-order valence-corrected chi connectivity index (χ0v) is 11.6. The van der Waals surface area contributed by atoms with Crippen LogP contribution in [0.25, 0.3) is 0 Å². The van der Waals surface area contributed by atoms with Crippen LogP contribution < -0.4 is 15.2 Å². The summed E-state index contributed by atoms with van der Waals surface area (Å²) in [4.78, 5) is 0.332. The highest BCUT2D eigenvalue weighted by Gasteiger charge is 2.04. The highest BCUT2D eigenvalue weighted by atomic mass is 32.1. The molecule has 0 atom stereocenters. The number of nitrogens with two attached hydrogens (primary N) is 1. The van der Waals surface area contributed by atoms with E-state index >= 15 is 0 Å². The van der Waals surface area contributed by atoms with E-state index in [9.17, 15) is 0 Å². The zero-order chi connectivity index (χ0) is 13.4. The molecule has 5 heteroatoms. The Labute approximate surface area is 113 Å². The second-order valence-electron chi connectivity index (χ2n) is 3.81. The number of hydrogen-bond donors (Lipinski definition) is 1. The van der Waals surface area contributed by atoms with E-state index in [2.05, 4.69) is 0 Å². The van der Waals surface area contributed by atoms with E-state index in [0.717, 1.165) is 30.8 Å². The quantitative estimate of drug-likeness (QED) is 0.579. The monoisotopic (exact) mass is 269 g/mol. The third-order valence-electron chi connectivity index (χ3n) is 2.41. The molecule has 18 heavy (non-hydrogen) atoms. The van der Waals surface area contributed by atoms with Crippen LogP contribution in [0.2, 0.25) is 0 Å². The lowest BCUT2D eigenvalue weighted by molar-refractivity contribution is 0.184. The molecule has 0 spiro atoms. The second kappa shape index (κ2) is 7.89. The number of unbranched alkanes of at least 4 members (excludes halogenated alkanes) is 1. The smallest absolute Gasteiger partial charge is 0.123 e. The van der Waals surface area contributed by atoms with Crippen molar-refractivity contribution in [1.29, 1.82) is 0 Å². The van der Waals surface area contributed by atoms with Gasteiger partial charge in [-0.15, -0.1) is 0 Å². The average molecular weight is 269 g/mol. The van der Waals surface area contributed by atoms with Crippen molar-refractivity contribution in [3.8, 4) is 11.5 Å². The van der Waals surface area contributed by atoms with Crippen LogP contribution in [0.15, 0.2) is 18.2 Å². The van der Waals surface area contributed by atoms with E-state index in [1.165, 1.54) is 0 Å². The van der Waals surface area contributed by atoms with E-state index < -0.39 is 0 Å². The summed E-state index contributed by atoms with van der Waals surface area (Å²) in [6.45, 7) is 1.38. The summed E-state index contributed by atoms with van der Waals surface area (Å²) in [6.07, 6.45) is 1.91. The van der Waals surface area contributed by atoms with Crippen LogP contribution in [-0.4, -0.2) is 32.4 Å². The molecule has 1 aromatic carbocycles. The molecule has 0 bridgehead atoms. The van der Waals surface area contributed by atoms with Gasteiger partial charge in [-0.1, -0.05) is 12.2 Å². The van der Waals surface area contributed by atoms with E-state index in [-0.39, 0.29) is 0 Å². The highest BCUT2D eigenvalue weighted by Crippen LogP contribution is 2.23. The lowest BCUT2D eigenvalue weighted by Crippen LogP contribution is -2.10. The van der Waals surface area contributed by atoms with Gasteiger partial charge in [-0.2, -0.15) is 0 Å². The lowest BCUT2D eigenvalue weighted by Gasteiger charge is -2.10. The van der Waals surface area contributed by atoms with E-state index in [1.54, 1.807) is 20.3 Å². The molecule has 0 saturated heterocycles. The molecule has 0 aromatic heterocycles. The third kappa shape index (κ3) is 4.89. The number of hydrogen-bond acceptors (Lipinski definition) is 4. The molecule has 0 amide bonds. The number of rotatable bonds is 8. The number of ether oxygens (including phenoxy) is 3. The lowest BCUT2D eigenvalue weighted by atomic mass is 10.2. The van der Waals surface area contributed by atoms with Gasteiger partial charge in [0.2, 0.25) is 0 Å². The first-order valence-electron chi connectivity index (χ1n) is 5.78. The average Bonchev–Trinajstić information content (AvgIpc) is 2.38. The van der Waals surface area contributed by atoms with E-state index in [0.29, 0.717) is 17.3 Å². The Balaban J connectivity index is 2.58. The summed E-state index contributed by atoms with van der Waals surface area (Å²) >= 11 is 4.95. The van der Waals surface area contributed by atoms with E-state index in [4.69, 9.17) is 32.2 Å². The SMILES string of the molecule is COCCCCOc1cc(OC)cc(C(N)=S)c1.